The lowest BCUT2D eigenvalue weighted by Gasteiger charge is -2.15. The first-order chi connectivity index (χ1) is 5.27. The van der Waals surface area contributed by atoms with E-state index in [9.17, 15) is 4.79 Å². The molecule has 1 amide bonds. The van der Waals surface area contributed by atoms with Crippen molar-refractivity contribution < 1.29 is 4.79 Å². The summed E-state index contributed by atoms with van der Waals surface area (Å²) in [7, 11) is 2.11. The van der Waals surface area contributed by atoms with Gasteiger partial charge in [0.1, 0.15) is 0 Å². The number of amides is 1. The third kappa shape index (κ3) is 1.93. The summed E-state index contributed by atoms with van der Waals surface area (Å²) in [5.74, 6) is 0. The van der Waals surface area contributed by atoms with Gasteiger partial charge < -0.3 is 10.2 Å². The lowest BCUT2D eigenvalue weighted by atomic mass is 10.1. The molecule has 0 radical (unpaired) electrons. The molecular weight excluding hydrogens is 140 g/mol. The Bertz CT molecular complexity index is 138. The molecule has 0 aromatic carbocycles. The summed E-state index contributed by atoms with van der Waals surface area (Å²) in [5, 5.41) is 2.82. The monoisotopic (exact) mass is 156 g/mol. The molecule has 1 fully saturated rings. The molecule has 3 heteroatoms. The van der Waals surface area contributed by atoms with Crippen LogP contribution in [-0.2, 0) is 4.79 Å². The summed E-state index contributed by atoms with van der Waals surface area (Å²) < 4.78 is 0. The van der Waals surface area contributed by atoms with Gasteiger partial charge in [0, 0.05) is 18.6 Å². The van der Waals surface area contributed by atoms with Gasteiger partial charge in [0.2, 0.25) is 6.41 Å². The van der Waals surface area contributed by atoms with E-state index in [2.05, 4.69) is 24.2 Å². The van der Waals surface area contributed by atoms with Gasteiger partial charge in [-0.2, -0.15) is 0 Å². The third-order valence-corrected chi connectivity index (χ3v) is 2.46. The number of hydrogen-bond donors (Lipinski definition) is 1. The van der Waals surface area contributed by atoms with Crippen molar-refractivity contribution in [2.45, 2.75) is 31.8 Å². The molecular formula is C8H16N2O. The van der Waals surface area contributed by atoms with E-state index in [0.717, 1.165) is 19.4 Å². The Labute approximate surface area is 67.8 Å². The van der Waals surface area contributed by atoms with Crippen LogP contribution in [0.2, 0.25) is 0 Å². The summed E-state index contributed by atoms with van der Waals surface area (Å²) in [5.41, 5.74) is 0. The van der Waals surface area contributed by atoms with Crippen molar-refractivity contribution >= 4 is 6.41 Å². The number of likely N-dealkylation sites (N-methyl/N-ethyl adjacent to an activating group) is 1. The molecule has 1 aliphatic rings. The maximum Gasteiger partial charge on any atom is 0.207 e. The minimum absolute atomic E-state index is 0.377. The molecule has 0 spiro atoms. The number of carbonyl (C=O) groups is 1. The van der Waals surface area contributed by atoms with Crippen LogP contribution >= 0.6 is 0 Å². The average Bonchev–Trinajstić information content (AvgIpc) is 2.32. The molecule has 1 rings (SSSR count). The van der Waals surface area contributed by atoms with Crippen LogP contribution in [0.1, 0.15) is 19.8 Å². The number of hydrogen-bond acceptors (Lipinski definition) is 2. The van der Waals surface area contributed by atoms with Gasteiger partial charge in [-0.3, -0.25) is 4.79 Å². The summed E-state index contributed by atoms with van der Waals surface area (Å²) in [6.07, 6.45) is 3.08. The molecule has 11 heavy (non-hydrogen) atoms. The third-order valence-electron chi connectivity index (χ3n) is 2.46. The van der Waals surface area contributed by atoms with Gasteiger partial charge in [-0.05, 0) is 19.9 Å². The highest BCUT2D eigenvalue weighted by Crippen LogP contribution is 2.17. The predicted octanol–water partition coefficient (Wildman–Crippen LogP) is 0.215. The fraction of sp³-hybridized carbons (Fsp3) is 0.875. The lowest BCUT2D eigenvalue weighted by molar-refractivity contribution is -0.110. The van der Waals surface area contributed by atoms with E-state index in [1.165, 1.54) is 6.42 Å². The first-order valence-electron chi connectivity index (χ1n) is 4.17. The van der Waals surface area contributed by atoms with Crippen LogP contribution in [0.3, 0.4) is 0 Å². The molecule has 3 nitrogen and oxygen atoms in total. The average molecular weight is 156 g/mol. The molecule has 0 unspecified atom stereocenters. The number of rotatable bonds is 3. The minimum Gasteiger partial charge on any atom is -0.355 e. The molecule has 2 atom stereocenters. The normalized spacial score (nSPS) is 32.2. The second-order valence-corrected chi connectivity index (χ2v) is 3.22. The molecule has 0 bridgehead atoms. The summed E-state index contributed by atoms with van der Waals surface area (Å²) in [6, 6.07) is 1.04. The Balaban J connectivity index is 2.36. The molecule has 0 aromatic rings. The van der Waals surface area contributed by atoms with Crippen molar-refractivity contribution in [3.05, 3.63) is 0 Å². The van der Waals surface area contributed by atoms with E-state index in [0.29, 0.717) is 12.1 Å². The molecule has 64 valence electrons. The van der Waals surface area contributed by atoms with Crippen LogP contribution in [0.4, 0.5) is 0 Å². The second-order valence-electron chi connectivity index (χ2n) is 3.22. The van der Waals surface area contributed by atoms with Crippen LogP contribution in [0.25, 0.3) is 0 Å². The molecule has 1 saturated heterocycles. The molecule has 1 N–H and O–H groups in total. The van der Waals surface area contributed by atoms with Crippen LogP contribution in [0.5, 0.6) is 0 Å². The maximum atomic E-state index is 10.1. The topological polar surface area (TPSA) is 32.3 Å². The molecule has 1 aliphatic heterocycles. The second kappa shape index (κ2) is 3.72. The van der Waals surface area contributed by atoms with Crippen molar-refractivity contribution in [1.82, 2.24) is 10.2 Å². The highest BCUT2D eigenvalue weighted by Gasteiger charge is 2.27. The van der Waals surface area contributed by atoms with E-state index in [1.807, 2.05) is 0 Å². The predicted molar refractivity (Wildman–Crippen MR) is 44.3 cm³/mol. The molecule has 1 heterocycles. The maximum absolute atomic E-state index is 10.1. The Morgan fingerprint density at radius 1 is 1.73 bits per heavy atom. The highest BCUT2D eigenvalue weighted by molar-refractivity contribution is 5.46. The first kappa shape index (κ1) is 8.53. The van der Waals surface area contributed by atoms with Crippen molar-refractivity contribution in [1.29, 1.82) is 0 Å². The number of nitrogens with one attached hydrogen (secondary N) is 1. The molecule has 0 aromatic heterocycles. The largest absolute Gasteiger partial charge is 0.355 e. The Kier molecular flexibility index (Phi) is 2.88. The van der Waals surface area contributed by atoms with Gasteiger partial charge in [-0.25, -0.2) is 0 Å². The van der Waals surface area contributed by atoms with Gasteiger partial charge in [-0.15, -0.1) is 0 Å². The minimum atomic E-state index is 0.377. The standard InChI is InChI=1S/C8H16N2O/c1-3-8-4-7(9-6-11)5-10(8)2/h6-8H,3-5H2,1-2H3,(H,9,11)/t7-,8+/m0/s1. The van der Waals surface area contributed by atoms with E-state index in [4.69, 9.17) is 0 Å². The summed E-state index contributed by atoms with van der Waals surface area (Å²) in [4.78, 5) is 12.4. The molecule has 0 saturated carbocycles. The highest BCUT2D eigenvalue weighted by atomic mass is 16.1. The number of nitrogens with zero attached hydrogens (tertiary/aromatic N) is 1. The van der Waals surface area contributed by atoms with E-state index in [-0.39, 0.29) is 0 Å². The van der Waals surface area contributed by atoms with Gasteiger partial charge in [0.05, 0.1) is 0 Å². The first-order valence-corrected chi connectivity index (χ1v) is 4.17. The van der Waals surface area contributed by atoms with Gasteiger partial charge in [-0.1, -0.05) is 6.92 Å². The van der Waals surface area contributed by atoms with Crippen LogP contribution in [0, 0.1) is 0 Å². The Hall–Kier alpha value is -0.570. The van der Waals surface area contributed by atoms with E-state index in [1.54, 1.807) is 0 Å². The van der Waals surface area contributed by atoms with Crippen LogP contribution in [0.15, 0.2) is 0 Å². The number of likely N-dealkylation sites (tertiary alicyclic amines) is 1. The zero-order valence-corrected chi connectivity index (χ0v) is 7.21. The van der Waals surface area contributed by atoms with Crippen molar-refractivity contribution in [2.24, 2.45) is 0 Å². The lowest BCUT2D eigenvalue weighted by Crippen LogP contribution is -2.30. The van der Waals surface area contributed by atoms with Crippen LogP contribution < -0.4 is 5.32 Å². The summed E-state index contributed by atoms with van der Waals surface area (Å²) in [6.45, 7) is 3.18. The number of carbonyl (C=O) groups excluding carboxylic acids is 1. The van der Waals surface area contributed by atoms with E-state index >= 15 is 0 Å². The van der Waals surface area contributed by atoms with Crippen molar-refractivity contribution in [3.8, 4) is 0 Å². The van der Waals surface area contributed by atoms with Crippen LogP contribution in [-0.4, -0.2) is 37.0 Å². The molecule has 0 aliphatic carbocycles. The summed E-state index contributed by atoms with van der Waals surface area (Å²) >= 11 is 0. The zero-order valence-electron chi connectivity index (χ0n) is 7.21. The quantitative estimate of drug-likeness (QED) is 0.593. The SMILES string of the molecule is CC[C@@H]1C[C@H](NC=O)CN1C. The van der Waals surface area contributed by atoms with Gasteiger partial charge >= 0.3 is 0 Å². The van der Waals surface area contributed by atoms with E-state index < -0.39 is 0 Å². The van der Waals surface area contributed by atoms with Gasteiger partial charge in [0.15, 0.2) is 0 Å². The van der Waals surface area contributed by atoms with Crippen molar-refractivity contribution in [2.75, 3.05) is 13.6 Å². The van der Waals surface area contributed by atoms with Crippen molar-refractivity contribution in [3.63, 3.8) is 0 Å². The fourth-order valence-electron chi connectivity index (χ4n) is 1.77. The smallest absolute Gasteiger partial charge is 0.207 e. The fourth-order valence-corrected chi connectivity index (χ4v) is 1.77. The zero-order chi connectivity index (χ0) is 8.27. The Morgan fingerprint density at radius 3 is 2.91 bits per heavy atom. The Morgan fingerprint density at radius 2 is 2.45 bits per heavy atom. The van der Waals surface area contributed by atoms with Gasteiger partial charge in [0.25, 0.3) is 0 Å².